The average Bonchev–Trinajstić information content (AvgIpc) is 2.11. The lowest BCUT2D eigenvalue weighted by Gasteiger charge is -2.38. The van der Waals surface area contributed by atoms with Gasteiger partial charge in [-0.2, -0.15) is 0 Å². The third kappa shape index (κ3) is 4.37. The van der Waals surface area contributed by atoms with Crippen molar-refractivity contribution in [2.24, 2.45) is 0 Å². The molecule has 4 nitrogen and oxygen atoms in total. The third-order valence-corrected chi connectivity index (χ3v) is 2.40. The molecule has 0 saturated carbocycles. The molecule has 1 fully saturated rings. The molecule has 1 rings (SSSR count). The fourth-order valence-corrected chi connectivity index (χ4v) is 1.91. The van der Waals surface area contributed by atoms with E-state index in [4.69, 9.17) is 0 Å². The number of hydrogen-bond donors (Lipinski definition) is 1. The summed E-state index contributed by atoms with van der Waals surface area (Å²) in [6.45, 7) is 8.87. The smallest absolute Gasteiger partial charge is 0.0527 e. The molecule has 0 bridgehead atoms. The summed E-state index contributed by atoms with van der Waals surface area (Å²) in [4.78, 5) is 7.14. The molecular weight excluding hydrogens is 176 g/mol. The second kappa shape index (κ2) is 6.35. The fourth-order valence-electron chi connectivity index (χ4n) is 1.91. The van der Waals surface area contributed by atoms with Gasteiger partial charge < -0.3 is 5.32 Å². The predicted octanol–water partition coefficient (Wildman–Crippen LogP) is 0.0377. The maximum atomic E-state index is 3.43. The fraction of sp³-hybridized carbons (Fsp3) is 1.00. The van der Waals surface area contributed by atoms with Gasteiger partial charge >= 0.3 is 0 Å². The van der Waals surface area contributed by atoms with Gasteiger partial charge in [-0.3, -0.25) is 14.7 Å². The molecule has 1 aliphatic heterocycles. The number of nitrogens with zero attached hydrogens (tertiary/aromatic N) is 3. The van der Waals surface area contributed by atoms with Crippen LogP contribution in [-0.2, 0) is 0 Å². The molecule has 0 radical (unpaired) electrons. The van der Waals surface area contributed by atoms with Crippen LogP contribution in [0.15, 0.2) is 0 Å². The zero-order valence-electron chi connectivity index (χ0n) is 9.79. The molecule has 4 heteroatoms. The van der Waals surface area contributed by atoms with Gasteiger partial charge in [0.2, 0.25) is 0 Å². The minimum Gasteiger partial charge on any atom is -0.315 e. The van der Waals surface area contributed by atoms with E-state index in [0.29, 0.717) is 0 Å². The highest BCUT2D eigenvalue weighted by Crippen LogP contribution is 2.01. The molecule has 0 aromatic rings. The molecule has 0 aromatic carbocycles. The van der Waals surface area contributed by atoms with Crippen molar-refractivity contribution in [2.75, 3.05) is 53.7 Å². The molecule has 0 unspecified atom stereocenters. The Kier molecular flexibility index (Phi) is 5.40. The zero-order valence-corrected chi connectivity index (χ0v) is 9.79. The summed E-state index contributed by atoms with van der Waals surface area (Å²) in [5, 5.41) is 3.43. The van der Waals surface area contributed by atoms with Crippen molar-refractivity contribution in [3.63, 3.8) is 0 Å². The van der Waals surface area contributed by atoms with Gasteiger partial charge in [-0.05, 0) is 27.1 Å². The van der Waals surface area contributed by atoms with E-state index in [0.717, 1.165) is 39.6 Å². The molecule has 1 aliphatic rings. The first-order chi connectivity index (χ1) is 6.72. The van der Waals surface area contributed by atoms with Crippen LogP contribution in [0.4, 0.5) is 0 Å². The van der Waals surface area contributed by atoms with Gasteiger partial charge in [0, 0.05) is 13.1 Å². The monoisotopic (exact) mass is 200 g/mol. The Balaban J connectivity index is 2.10. The Hall–Kier alpha value is -0.160. The van der Waals surface area contributed by atoms with Gasteiger partial charge in [0.1, 0.15) is 0 Å². The van der Waals surface area contributed by atoms with E-state index >= 15 is 0 Å². The molecule has 0 aromatic heterocycles. The number of nitrogens with one attached hydrogen (secondary N) is 1. The van der Waals surface area contributed by atoms with Crippen LogP contribution in [0.5, 0.6) is 0 Å². The van der Waals surface area contributed by atoms with Crippen LogP contribution >= 0.6 is 0 Å². The van der Waals surface area contributed by atoms with Gasteiger partial charge in [0.25, 0.3) is 0 Å². The summed E-state index contributed by atoms with van der Waals surface area (Å²) in [6.07, 6.45) is 1.22. The Morgan fingerprint density at radius 3 is 2.21 bits per heavy atom. The minimum atomic E-state index is 1.08. The van der Waals surface area contributed by atoms with Crippen molar-refractivity contribution < 1.29 is 0 Å². The minimum absolute atomic E-state index is 1.08. The molecular formula is C10H24N4. The quantitative estimate of drug-likeness (QED) is 0.632. The summed E-state index contributed by atoms with van der Waals surface area (Å²) in [5.74, 6) is 0. The Bertz CT molecular complexity index is 141. The standard InChI is InChI=1S/C10H24N4/c1-4-5-11-6-7-14-9-12(2)8-13(3)10-14/h11H,4-10H2,1-3H3. The van der Waals surface area contributed by atoms with Gasteiger partial charge in [0.15, 0.2) is 0 Å². The topological polar surface area (TPSA) is 21.8 Å². The lowest BCUT2D eigenvalue weighted by atomic mass is 10.4. The highest BCUT2D eigenvalue weighted by Gasteiger charge is 2.16. The summed E-state index contributed by atoms with van der Waals surface area (Å²) >= 11 is 0. The molecule has 84 valence electrons. The maximum Gasteiger partial charge on any atom is 0.0527 e. The van der Waals surface area contributed by atoms with Crippen molar-refractivity contribution in [3.8, 4) is 0 Å². The SMILES string of the molecule is CCCNCCN1CN(C)CN(C)C1. The van der Waals surface area contributed by atoms with E-state index in [1.807, 2.05) is 0 Å². The Morgan fingerprint density at radius 2 is 1.64 bits per heavy atom. The first-order valence-electron chi connectivity index (χ1n) is 5.52. The van der Waals surface area contributed by atoms with Crippen molar-refractivity contribution in [2.45, 2.75) is 13.3 Å². The van der Waals surface area contributed by atoms with Crippen LogP contribution in [0.25, 0.3) is 0 Å². The second-order valence-corrected chi connectivity index (χ2v) is 4.28. The normalized spacial score (nSPS) is 21.6. The Labute approximate surface area is 87.8 Å². The molecule has 1 N–H and O–H groups in total. The van der Waals surface area contributed by atoms with E-state index in [2.05, 4.69) is 41.0 Å². The molecule has 0 spiro atoms. The molecule has 0 atom stereocenters. The van der Waals surface area contributed by atoms with Crippen LogP contribution in [0, 0.1) is 0 Å². The van der Waals surface area contributed by atoms with E-state index in [1.54, 1.807) is 0 Å². The molecule has 14 heavy (non-hydrogen) atoms. The average molecular weight is 200 g/mol. The summed E-state index contributed by atoms with van der Waals surface area (Å²) in [6, 6.07) is 0. The van der Waals surface area contributed by atoms with E-state index < -0.39 is 0 Å². The second-order valence-electron chi connectivity index (χ2n) is 4.28. The molecule has 1 heterocycles. The summed E-state index contributed by atoms with van der Waals surface area (Å²) in [7, 11) is 4.34. The van der Waals surface area contributed by atoms with Crippen molar-refractivity contribution >= 4 is 0 Å². The van der Waals surface area contributed by atoms with Crippen molar-refractivity contribution in [1.29, 1.82) is 0 Å². The van der Waals surface area contributed by atoms with Crippen LogP contribution in [-0.4, -0.2) is 68.4 Å². The van der Waals surface area contributed by atoms with Gasteiger partial charge in [-0.15, -0.1) is 0 Å². The molecule has 0 aliphatic carbocycles. The van der Waals surface area contributed by atoms with Crippen LogP contribution in [0.2, 0.25) is 0 Å². The van der Waals surface area contributed by atoms with Crippen molar-refractivity contribution in [3.05, 3.63) is 0 Å². The zero-order chi connectivity index (χ0) is 10.4. The predicted molar refractivity (Wildman–Crippen MR) is 60.0 cm³/mol. The first-order valence-corrected chi connectivity index (χ1v) is 5.52. The summed E-state index contributed by atoms with van der Waals surface area (Å²) in [5.41, 5.74) is 0. The number of rotatable bonds is 5. The van der Waals surface area contributed by atoms with E-state index in [1.165, 1.54) is 6.42 Å². The summed E-state index contributed by atoms with van der Waals surface area (Å²) < 4.78 is 0. The van der Waals surface area contributed by atoms with Crippen LogP contribution in [0.3, 0.4) is 0 Å². The van der Waals surface area contributed by atoms with Crippen molar-refractivity contribution in [1.82, 2.24) is 20.0 Å². The first kappa shape index (κ1) is 11.9. The molecule has 0 amide bonds. The van der Waals surface area contributed by atoms with Crippen LogP contribution < -0.4 is 5.32 Å². The van der Waals surface area contributed by atoms with Gasteiger partial charge in [-0.1, -0.05) is 6.92 Å². The third-order valence-electron chi connectivity index (χ3n) is 2.40. The van der Waals surface area contributed by atoms with Gasteiger partial charge in [0.05, 0.1) is 20.0 Å². The van der Waals surface area contributed by atoms with Crippen LogP contribution in [0.1, 0.15) is 13.3 Å². The highest BCUT2D eigenvalue weighted by atomic mass is 15.5. The maximum absolute atomic E-state index is 3.43. The van der Waals surface area contributed by atoms with Gasteiger partial charge in [-0.25, -0.2) is 0 Å². The molecule has 1 saturated heterocycles. The lowest BCUT2D eigenvalue weighted by molar-refractivity contribution is -0.000282. The largest absolute Gasteiger partial charge is 0.315 e. The lowest BCUT2D eigenvalue weighted by Crippen LogP contribution is -2.53. The van der Waals surface area contributed by atoms with E-state index in [-0.39, 0.29) is 0 Å². The van der Waals surface area contributed by atoms with E-state index in [9.17, 15) is 0 Å². The Morgan fingerprint density at radius 1 is 1.00 bits per heavy atom. The highest BCUT2D eigenvalue weighted by molar-refractivity contribution is 4.65. The number of hydrogen-bond acceptors (Lipinski definition) is 4.